The maximum Gasteiger partial charge on any atom is 0.341 e. The third kappa shape index (κ3) is 4.94. The van der Waals surface area contributed by atoms with Crippen molar-refractivity contribution in [2.24, 2.45) is 0 Å². The second kappa shape index (κ2) is 8.12. The van der Waals surface area contributed by atoms with Gasteiger partial charge in [0.05, 0.1) is 12.1 Å². The molecule has 0 bridgehead atoms. The Morgan fingerprint density at radius 1 is 1.21 bits per heavy atom. The minimum absolute atomic E-state index is 0.0279. The summed E-state index contributed by atoms with van der Waals surface area (Å²) in [5.41, 5.74) is 0.483. The summed E-state index contributed by atoms with van der Waals surface area (Å²) in [5.74, 6) is -2.26. The van der Waals surface area contributed by atoms with Crippen molar-refractivity contribution in [3.05, 3.63) is 63.1 Å². The molecule has 2 aromatic carbocycles. The molecule has 2 aromatic rings. The third-order valence-electron chi connectivity index (χ3n) is 2.98. The van der Waals surface area contributed by atoms with E-state index < -0.39 is 18.5 Å². The predicted octanol–water partition coefficient (Wildman–Crippen LogP) is 4.09. The van der Waals surface area contributed by atoms with Gasteiger partial charge in [0, 0.05) is 9.50 Å². The first kappa shape index (κ1) is 18.2. The van der Waals surface area contributed by atoms with Gasteiger partial charge in [-0.3, -0.25) is 4.79 Å². The molecule has 0 aliphatic heterocycles. The van der Waals surface area contributed by atoms with Crippen molar-refractivity contribution < 1.29 is 23.9 Å². The molecule has 5 nitrogen and oxygen atoms in total. The lowest BCUT2D eigenvalue weighted by atomic mass is 10.1. The zero-order valence-electron chi connectivity index (χ0n) is 12.2. The molecule has 0 saturated carbocycles. The van der Waals surface area contributed by atoms with Crippen LogP contribution in [-0.2, 0) is 11.3 Å². The standard InChI is InChI=1S/C16H12BrClFNO4/c17-11-3-1-10(2-4-11)8-20(19)16(23)13-6-5-12(18)7-14(13)24-9-15(21)22/h1-7H,8-9H2,(H,21,22). The molecule has 0 fully saturated rings. The van der Waals surface area contributed by atoms with Crippen molar-refractivity contribution in [1.29, 1.82) is 0 Å². The van der Waals surface area contributed by atoms with E-state index in [1.807, 2.05) is 0 Å². The fourth-order valence-electron chi connectivity index (χ4n) is 1.88. The summed E-state index contributed by atoms with van der Waals surface area (Å²) in [7, 11) is 0. The second-order valence-corrected chi connectivity index (χ2v) is 6.13. The van der Waals surface area contributed by atoms with Gasteiger partial charge in [0.25, 0.3) is 5.91 Å². The molecule has 0 aliphatic rings. The van der Waals surface area contributed by atoms with E-state index in [1.165, 1.54) is 18.2 Å². The van der Waals surface area contributed by atoms with Crippen LogP contribution in [0.15, 0.2) is 46.9 Å². The van der Waals surface area contributed by atoms with Gasteiger partial charge in [0.15, 0.2) is 6.61 Å². The topological polar surface area (TPSA) is 66.8 Å². The third-order valence-corrected chi connectivity index (χ3v) is 3.74. The van der Waals surface area contributed by atoms with Crippen LogP contribution in [-0.4, -0.2) is 28.7 Å². The molecule has 0 radical (unpaired) electrons. The molecule has 0 aromatic heterocycles. The lowest BCUT2D eigenvalue weighted by Crippen LogP contribution is -2.23. The smallest absolute Gasteiger partial charge is 0.341 e. The quantitative estimate of drug-likeness (QED) is 0.720. The van der Waals surface area contributed by atoms with Gasteiger partial charge in [0.1, 0.15) is 5.75 Å². The van der Waals surface area contributed by atoms with E-state index >= 15 is 0 Å². The highest BCUT2D eigenvalue weighted by Crippen LogP contribution is 2.25. The van der Waals surface area contributed by atoms with Crippen LogP contribution in [0.25, 0.3) is 0 Å². The maximum absolute atomic E-state index is 14.2. The summed E-state index contributed by atoms with van der Waals surface area (Å²) >= 11 is 9.08. The van der Waals surface area contributed by atoms with E-state index in [-0.39, 0.29) is 28.0 Å². The molecule has 0 aliphatic carbocycles. The first-order valence-electron chi connectivity index (χ1n) is 6.73. The summed E-state index contributed by atoms with van der Waals surface area (Å²) in [6, 6.07) is 10.8. The molecule has 126 valence electrons. The lowest BCUT2D eigenvalue weighted by molar-refractivity contribution is -0.139. The highest BCUT2D eigenvalue weighted by Gasteiger charge is 2.21. The Morgan fingerprint density at radius 3 is 2.50 bits per heavy atom. The van der Waals surface area contributed by atoms with Gasteiger partial charge >= 0.3 is 5.97 Å². The van der Waals surface area contributed by atoms with Crippen molar-refractivity contribution in [1.82, 2.24) is 5.12 Å². The van der Waals surface area contributed by atoms with E-state index in [0.29, 0.717) is 5.56 Å². The van der Waals surface area contributed by atoms with Crippen LogP contribution in [0, 0.1) is 0 Å². The minimum atomic E-state index is -1.22. The molecule has 0 unspecified atom stereocenters. The van der Waals surface area contributed by atoms with Crippen molar-refractivity contribution >= 4 is 39.4 Å². The SMILES string of the molecule is O=C(O)COc1cc(Cl)ccc1C(=O)N(F)Cc1ccc(Br)cc1. The van der Waals surface area contributed by atoms with Crippen molar-refractivity contribution in [2.45, 2.75) is 6.54 Å². The molecule has 1 amide bonds. The van der Waals surface area contributed by atoms with Crippen molar-refractivity contribution in [3.8, 4) is 5.75 Å². The van der Waals surface area contributed by atoms with Crippen LogP contribution in [0.1, 0.15) is 15.9 Å². The number of aliphatic carboxylic acids is 1. The molecule has 1 N–H and O–H groups in total. The summed E-state index contributed by atoms with van der Waals surface area (Å²) in [6.45, 7) is -0.924. The van der Waals surface area contributed by atoms with Crippen molar-refractivity contribution in [2.75, 3.05) is 6.61 Å². The Hall–Kier alpha value is -2.12. The molecular formula is C16H12BrClFNO4. The largest absolute Gasteiger partial charge is 0.481 e. The highest BCUT2D eigenvalue weighted by atomic mass is 79.9. The Morgan fingerprint density at radius 2 is 1.88 bits per heavy atom. The van der Waals surface area contributed by atoms with E-state index in [1.54, 1.807) is 24.3 Å². The fourth-order valence-corrected chi connectivity index (χ4v) is 2.31. The van der Waals surface area contributed by atoms with Gasteiger partial charge in [-0.25, -0.2) is 4.79 Å². The van der Waals surface area contributed by atoms with Crippen molar-refractivity contribution in [3.63, 3.8) is 0 Å². The number of carboxylic acids is 1. The molecule has 24 heavy (non-hydrogen) atoms. The van der Waals surface area contributed by atoms with Crippen LogP contribution in [0.5, 0.6) is 5.75 Å². The molecule has 0 saturated heterocycles. The number of benzene rings is 2. The maximum atomic E-state index is 14.2. The predicted molar refractivity (Wildman–Crippen MR) is 89.7 cm³/mol. The summed E-state index contributed by atoms with van der Waals surface area (Å²) in [4.78, 5) is 22.9. The second-order valence-electron chi connectivity index (χ2n) is 4.77. The van der Waals surface area contributed by atoms with Gasteiger partial charge in [-0.15, -0.1) is 0 Å². The first-order valence-corrected chi connectivity index (χ1v) is 7.90. The van der Waals surface area contributed by atoms with Crippen LogP contribution < -0.4 is 4.74 Å². The molecule has 0 spiro atoms. The number of amides is 1. The van der Waals surface area contributed by atoms with Gasteiger partial charge in [-0.2, -0.15) is 5.12 Å². The van der Waals surface area contributed by atoms with E-state index in [2.05, 4.69) is 15.9 Å². The average molecular weight is 417 g/mol. The van der Waals surface area contributed by atoms with E-state index in [0.717, 1.165) is 4.47 Å². The Kier molecular flexibility index (Phi) is 6.16. The molecule has 2 rings (SSSR count). The number of carbonyl (C=O) groups is 2. The van der Waals surface area contributed by atoms with Gasteiger partial charge in [0.2, 0.25) is 0 Å². The number of hydrogen-bond donors (Lipinski definition) is 1. The van der Waals surface area contributed by atoms with Crippen LogP contribution in [0.4, 0.5) is 4.48 Å². The number of carbonyl (C=O) groups excluding carboxylic acids is 1. The summed E-state index contributed by atoms with van der Waals surface area (Å²) in [5, 5.41) is 8.94. The lowest BCUT2D eigenvalue weighted by Gasteiger charge is -2.15. The van der Waals surface area contributed by atoms with Crippen LogP contribution in [0.3, 0.4) is 0 Å². The molecular weight excluding hydrogens is 405 g/mol. The normalized spacial score (nSPS) is 10.3. The average Bonchev–Trinajstić information content (AvgIpc) is 2.54. The van der Waals surface area contributed by atoms with E-state index in [9.17, 15) is 14.1 Å². The zero-order chi connectivity index (χ0) is 17.7. The molecule has 8 heteroatoms. The minimum Gasteiger partial charge on any atom is -0.481 e. The molecule has 0 heterocycles. The zero-order valence-corrected chi connectivity index (χ0v) is 14.6. The monoisotopic (exact) mass is 415 g/mol. The number of hydrogen-bond acceptors (Lipinski definition) is 3. The number of halogens is 3. The van der Waals surface area contributed by atoms with Gasteiger partial charge < -0.3 is 9.84 Å². The summed E-state index contributed by atoms with van der Waals surface area (Å²) in [6.07, 6.45) is 0. The number of ether oxygens (including phenoxy) is 1. The van der Waals surface area contributed by atoms with Gasteiger partial charge in [-0.1, -0.05) is 44.1 Å². The van der Waals surface area contributed by atoms with E-state index in [4.69, 9.17) is 21.4 Å². The number of rotatable bonds is 6. The molecule has 0 atom stereocenters. The van der Waals surface area contributed by atoms with Gasteiger partial charge in [-0.05, 0) is 35.9 Å². The highest BCUT2D eigenvalue weighted by molar-refractivity contribution is 9.10. The summed E-state index contributed by atoms with van der Waals surface area (Å²) < 4.78 is 20.1. The number of carboxylic acid groups (broad SMARTS) is 1. The first-order chi connectivity index (χ1) is 11.4. The Labute approximate surface area is 150 Å². The Balaban J connectivity index is 2.18. The fraction of sp³-hybridized carbons (Fsp3) is 0.125. The Bertz CT molecular complexity index is 754. The van der Waals surface area contributed by atoms with Crippen LogP contribution >= 0.6 is 27.5 Å². The van der Waals surface area contributed by atoms with Crippen LogP contribution in [0.2, 0.25) is 5.02 Å². The number of nitrogens with zero attached hydrogens (tertiary/aromatic N) is 1.